The van der Waals surface area contributed by atoms with Gasteiger partial charge in [-0.3, -0.25) is 0 Å². The highest BCUT2D eigenvalue weighted by Gasteiger charge is 2.04. The van der Waals surface area contributed by atoms with Crippen molar-refractivity contribution in [3.63, 3.8) is 0 Å². The lowest BCUT2D eigenvalue weighted by atomic mass is 10.1. The predicted molar refractivity (Wildman–Crippen MR) is 88.7 cm³/mol. The Hall–Kier alpha value is -2.17. The molecule has 4 nitrogen and oxygen atoms in total. The van der Waals surface area contributed by atoms with E-state index < -0.39 is 0 Å². The molecule has 22 heavy (non-hydrogen) atoms. The Labute approximate surface area is 131 Å². The molecular weight excluding hydrogens is 279 g/mol. The van der Waals surface area contributed by atoms with Crippen molar-refractivity contribution in [2.24, 2.45) is 5.92 Å². The monoisotopic (exact) mass is 302 g/mol. The number of hydrogen-bond donors (Lipinski definition) is 2. The second-order valence-electron chi connectivity index (χ2n) is 5.73. The van der Waals surface area contributed by atoms with Crippen LogP contribution in [-0.4, -0.2) is 23.1 Å². The number of aryl methyl sites for hydroxylation is 1. The van der Waals surface area contributed by atoms with Crippen LogP contribution in [0.3, 0.4) is 0 Å². The fourth-order valence-corrected chi connectivity index (χ4v) is 2.08. The van der Waals surface area contributed by atoms with E-state index in [1.807, 2.05) is 19.1 Å². The summed E-state index contributed by atoms with van der Waals surface area (Å²) >= 11 is 0. The van der Waals surface area contributed by atoms with E-state index >= 15 is 0 Å². The first-order valence-corrected chi connectivity index (χ1v) is 7.61. The molecule has 0 fully saturated rings. The van der Waals surface area contributed by atoms with Crippen molar-refractivity contribution in [3.05, 3.63) is 47.5 Å². The summed E-state index contributed by atoms with van der Waals surface area (Å²) in [6.45, 7) is 7.65. The van der Waals surface area contributed by atoms with Gasteiger partial charge in [0.1, 0.15) is 23.3 Å². The molecule has 0 bridgehead atoms. The molecular formula is C17H23FN4. The standard InChI is InChI=1S/C17H23FN4/c1-12(2)11-20-17-10-16(21-13(3)22-17)19-9-8-14-6-4-5-7-15(14)18/h4-7,10,12H,8-9,11H2,1-3H3,(H2,19,20,21,22). The Bertz CT molecular complexity index is 613. The largest absolute Gasteiger partial charge is 0.370 e. The van der Waals surface area contributed by atoms with Crippen molar-refractivity contribution in [2.75, 3.05) is 23.7 Å². The molecule has 2 rings (SSSR count). The van der Waals surface area contributed by atoms with Gasteiger partial charge in [-0.1, -0.05) is 32.0 Å². The molecule has 0 aliphatic carbocycles. The van der Waals surface area contributed by atoms with Gasteiger partial charge in [0.2, 0.25) is 0 Å². The Kier molecular flexibility index (Phi) is 5.69. The lowest BCUT2D eigenvalue weighted by molar-refractivity contribution is 0.610. The van der Waals surface area contributed by atoms with E-state index in [0.29, 0.717) is 30.3 Å². The van der Waals surface area contributed by atoms with Crippen LogP contribution in [0.1, 0.15) is 25.2 Å². The van der Waals surface area contributed by atoms with Crippen LogP contribution in [0.5, 0.6) is 0 Å². The molecule has 0 saturated heterocycles. The molecule has 0 aliphatic rings. The van der Waals surface area contributed by atoms with Gasteiger partial charge in [-0.25, -0.2) is 14.4 Å². The van der Waals surface area contributed by atoms with Crippen LogP contribution in [0.25, 0.3) is 0 Å². The average Bonchev–Trinajstić information content (AvgIpc) is 2.47. The first-order valence-electron chi connectivity index (χ1n) is 7.61. The molecule has 5 heteroatoms. The maximum Gasteiger partial charge on any atom is 0.131 e. The van der Waals surface area contributed by atoms with Crippen molar-refractivity contribution in [3.8, 4) is 0 Å². The topological polar surface area (TPSA) is 49.8 Å². The highest BCUT2D eigenvalue weighted by molar-refractivity contribution is 5.47. The van der Waals surface area contributed by atoms with Crippen molar-refractivity contribution in [1.29, 1.82) is 0 Å². The third kappa shape index (κ3) is 4.98. The molecule has 2 aromatic rings. The van der Waals surface area contributed by atoms with Gasteiger partial charge in [-0.15, -0.1) is 0 Å². The van der Waals surface area contributed by atoms with Crippen LogP contribution in [-0.2, 0) is 6.42 Å². The van der Waals surface area contributed by atoms with Gasteiger partial charge in [0.15, 0.2) is 0 Å². The molecule has 0 spiro atoms. The third-order valence-electron chi connectivity index (χ3n) is 3.19. The van der Waals surface area contributed by atoms with Gasteiger partial charge < -0.3 is 10.6 Å². The van der Waals surface area contributed by atoms with Crippen LogP contribution in [0.4, 0.5) is 16.0 Å². The molecule has 0 amide bonds. The number of nitrogens with zero attached hydrogens (tertiary/aromatic N) is 2. The van der Waals surface area contributed by atoms with E-state index in [-0.39, 0.29) is 5.82 Å². The number of hydrogen-bond acceptors (Lipinski definition) is 4. The fraction of sp³-hybridized carbons (Fsp3) is 0.412. The van der Waals surface area contributed by atoms with E-state index in [2.05, 4.69) is 34.4 Å². The minimum atomic E-state index is -0.164. The van der Waals surface area contributed by atoms with E-state index in [9.17, 15) is 4.39 Å². The maximum atomic E-state index is 13.6. The van der Waals surface area contributed by atoms with Crippen molar-refractivity contribution in [2.45, 2.75) is 27.2 Å². The van der Waals surface area contributed by atoms with E-state index in [1.54, 1.807) is 12.1 Å². The SMILES string of the molecule is Cc1nc(NCCc2ccccc2F)cc(NCC(C)C)n1. The van der Waals surface area contributed by atoms with Crippen LogP contribution in [0.2, 0.25) is 0 Å². The summed E-state index contributed by atoms with van der Waals surface area (Å²) in [7, 11) is 0. The number of anilines is 2. The third-order valence-corrected chi connectivity index (χ3v) is 3.19. The summed E-state index contributed by atoms with van der Waals surface area (Å²) in [6.07, 6.45) is 0.616. The lowest BCUT2D eigenvalue weighted by Crippen LogP contribution is -2.12. The van der Waals surface area contributed by atoms with Gasteiger partial charge in [0.25, 0.3) is 0 Å². The van der Waals surface area contributed by atoms with Crippen molar-refractivity contribution < 1.29 is 4.39 Å². The normalized spacial score (nSPS) is 10.8. The Morgan fingerprint density at radius 2 is 1.77 bits per heavy atom. The number of halogens is 1. The van der Waals surface area contributed by atoms with Crippen molar-refractivity contribution >= 4 is 11.6 Å². The van der Waals surface area contributed by atoms with Crippen LogP contribution in [0.15, 0.2) is 30.3 Å². The Balaban J connectivity index is 1.93. The summed E-state index contributed by atoms with van der Waals surface area (Å²) < 4.78 is 13.6. The van der Waals surface area contributed by atoms with Gasteiger partial charge in [0, 0.05) is 19.2 Å². The minimum Gasteiger partial charge on any atom is -0.370 e. The maximum absolute atomic E-state index is 13.6. The average molecular weight is 302 g/mol. The molecule has 2 N–H and O–H groups in total. The highest BCUT2D eigenvalue weighted by Crippen LogP contribution is 2.12. The molecule has 0 aliphatic heterocycles. The van der Waals surface area contributed by atoms with Gasteiger partial charge in [0.05, 0.1) is 0 Å². The predicted octanol–water partition coefficient (Wildman–Crippen LogP) is 3.65. The van der Waals surface area contributed by atoms with E-state index in [0.717, 1.165) is 18.2 Å². The van der Waals surface area contributed by atoms with Crippen LogP contribution in [0, 0.1) is 18.7 Å². The van der Waals surface area contributed by atoms with Crippen LogP contribution >= 0.6 is 0 Å². The van der Waals surface area contributed by atoms with E-state index in [4.69, 9.17) is 0 Å². The second kappa shape index (κ2) is 7.73. The molecule has 0 saturated carbocycles. The zero-order valence-corrected chi connectivity index (χ0v) is 13.4. The number of aromatic nitrogens is 2. The van der Waals surface area contributed by atoms with Gasteiger partial charge in [-0.2, -0.15) is 0 Å². The molecule has 0 unspecified atom stereocenters. The van der Waals surface area contributed by atoms with Gasteiger partial charge in [-0.05, 0) is 30.9 Å². The summed E-state index contributed by atoms with van der Waals surface area (Å²) in [5, 5.41) is 6.52. The Morgan fingerprint density at radius 3 is 2.45 bits per heavy atom. The number of rotatable bonds is 7. The number of nitrogens with one attached hydrogen (secondary N) is 2. The first-order chi connectivity index (χ1) is 10.5. The molecule has 1 aromatic heterocycles. The van der Waals surface area contributed by atoms with Crippen LogP contribution < -0.4 is 10.6 Å². The molecule has 0 atom stereocenters. The smallest absolute Gasteiger partial charge is 0.131 e. The summed E-state index contributed by atoms with van der Waals surface area (Å²) in [5.41, 5.74) is 0.707. The fourth-order valence-electron chi connectivity index (χ4n) is 2.08. The zero-order valence-electron chi connectivity index (χ0n) is 13.4. The first kappa shape index (κ1) is 16.2. The summed E-state index contributed by atoms with van der Waals surface area (Å²) in [5.74, 6) is 2.67. The second-order valence-corrected chi connectivity index (χ2v) is 5.73. The molecule has 1 heterocycles. The highest BCUT2D eigenvalue weighted by atomic mass is 19.1. The Morgan fingerprint density at radius 1 is 1.09 bits per heavy atom. The number of benzene rings is 1. The minimum absolute atomic E-state index is 0.164. The molecule has 118 valence electrons. The summed E-state index contributed by atoms with van der Waals surface area (Å²) in [4.78, 5) is 8.72. The zero-order chi connectivity index (χ0) is 15.9. The molecule has 0 radical (unpaired) electrons. The quantitative estimate of drug-likeness (QED) is 0.820. The summed E-state index contributed by atoms with van der Waals surface area (Å²) in [6, 6.07) is 8.72. The van der Waals surface area contributed by atoms with Gasteiger partial charge >= 0.3 is 0 Å². The van der Waals surface area contributed by atoms with Crippen molar-refractivity contribution in [1.82, 2.24) is 9.97 Å². The van der Waals surface area contributed by atoms with E-state index in [1.165, 1.54) is 6.07 Å². The lowest BCUT2D eigenvalue weighted by Gasteiger charge is -2.11. The molecule has 1 aromatic carbocycles.